The highest BCUT2D eigenvalue weighted by Crippen LogP contribution is 2.30. The number of hydrogen-bond donors (Lipinski definition) is 2. The molecule has 1 amide bonds. The van der Waals surface area contributed by atoms with Crippen molar-refractivity contribution < 1.29 is 24.2 Å². The van der Waals surface area contributed by atoms with Crippen molar-refractivity contribution in [2.45, 2.75) is 24.5 Å². The van der Waals surface area contributed by atoms with E-state index in [0.717, 1.165) is 12.8 Å². The Morgan fingerprint density at radius 2 is 1.67 bits per heavy atom. The van der Waals surface area contributed by atoms with Gasteiger partial charge in [-0.25, -0.2) is 4.79 Å². The number of esters is 1. The largest absolute Gasteiger partial charge is 0.453 e. The molecule has 27 heavy (non-hydrogen) atoms. The summed E-state index contributed by atoms with van der Waals surface area (Å²) in [7, 11) is 0. The summed E-state index contributed by atoms with van der Waals surface area (Å²) in [5, 5.41) is 13.9. The second-order valence-corrected chi connectivity index (χ2v) is 6.46. The van der Waals surface area contributed by atoms with Crippen LogP contribution in [0.1, 0.15) is 24.0 Å². The summed E-state index contributed by atoms with van der Waals surface area (Å²) in [6.07, 6.45) is 1.90. The quantitative estimate of drug-likeness (QED) is 0.727. The van der Waals surface area contributed by atoms with Gasteiger partial charge in [-0.05, 0) is 24.0 Å². The van der Waals surface area contributed by atoms with E-state index in [1.54, 1.807) is 60.7 Å². The van der Waals surface area contributed by atoms with Crippen LogP contribution in [0.25, 0.3) is 0 Å². The Hall–Kier alpha value is -2.70. The maximum Gasteiger partial charge on any atom is 0.348 e. The summed E-state index contributed by atoms with van der Waals surface area (Å²) < 4.78 is 10.6. The molecule has 0 saturated carbocycles. The number of carbonyl (C=O) groups excluding carboxylic acids is 2. The maximum absolute atomic E-state index is 12.8. The molecule has 1 fully saturated rings. The smallest absolute Gasteiger partial charge is 0.348 e. The van der Waals surface area contributed by atoms with Crippen LogP contribution in [0.3, 0.4) is 0 Å². The van der Waals surface area contributed by atoms with Crippen LogP contribution in [0.15, 0.2) is 60.7 Å². The Kier molecular flexibility index (Phi) is 6.21. The average Bonchev–Trinajstić information content (AvgIpc) is 3.25. The van der Waals surface area contributed by atoms with Crippen LogP contribution in [0, 0.1) is 0 Å². The summed E-state index contributed by atoms with van der Waals surface area (Å²) in [6.45, 7) is 0.627. The van der Waals surface area contributed by atoms with Crippen LogP contribution in [0.2, 0.25) is 0 Å². The number of nitrogens with one attached hydrogen (secondary N) is 1. The van der Waals surface area contributed by atoms with Crippen molar-refractivity contribution in [2.24, 2.45) is 0 Å². The van der Waals surface area contributed by atoms with Crippen LogP contribution in [-0.4, -0.2) is 42.8 Å². The van der Waals surface area contributed by atoms with E-state index in [1.807, 2.05) is 0 Å². The number of benzene rings is 2. The van der Waals surface area contributed by atoms with Gasteiger partial charge in [-0.3, -0.25) is 4.79 Å². The van der Waals surface area contributed by atoms with E-state index in [-0.39, 0.29) is 6.10 Å². The van der Waals surface area contributed by atoms with E-state index in [2.05, 4.69) is 5.32 Å². The van der Waals surface area contributed by atoms with E-state index >= 15 is 0 Å². The molecule has 1 saturated heterocycles. The minimum absolute atomic E-state index is 0.00946. The molecule has 0 radical (unpaired) electrons. The molecule has 2 aromatic rings. The Morgan fingerprint density at radius 3 is 2.19 bits per heavy atom. The molecule has 0 aromatic heterocycles. The molecular weight excluding hydrogens is 346 g/mol. The predicted octanol–water partition coefficient (Wildman–Crippen LogP) is 1.76. The summed E-state index contributed by atoms with van der Waals surface area (Å²) in [5.74, 6) is -1.32. The van der Waals surface area contributed by atoms with Crippen molar-refractivity contribution in [3.05, 3.63) is 71.8 Å². The first kappa shape index (κ1) is 19.1. The van der Waals surface area contributed by atoms with Gasteiger partial charge in [0.05, 0.1) is 6.10 Å². The lowest BCUT2D eigenvalue weighted by atomic mass is 9.86. The van der Waals surface area contributed by atoms with Crippen molar-refractivity contribution in [3.63, 3.8) is 0 Å². The van der Waals surface area contributed by atoms with Gasteiger partial charge in [0, 0.05) is 13.2 Å². The van der Waals surface area contributed by atoms with Gasteiger partial charge < -0.3 is 19.9 Å². The van der Waals surface area contributed by atoms with E-state index in [1.165, 1.54) is 0 Å². The Bertz CT molecular complexity index is 717. The van der Waals surface area contributed by atoms with Gasteiger partial charge in [0.15, 0.2) is 6.61 Å². The molecule has 2 N–H and O–H groups in total. The number of ether oxygens (including phenoxy) is 2. The van der Waals surface area contributed by atoms with Crippen molar-refractivity contribution in [1.82, 2.24) is 5.32 Å². The molecule has 6 nitrogen and oxygen atoms in total. The number of carbonyl (C=O) groups is 2. The fourth-order valence-electron chi connectivity index (χ4n) is 3.08. The number of hydrogen-bond acceptors (Lipinski definition) is 5. The highest BCUT2D eigenvalue weighted by molar-refractivity contribution is 5.88. The molecule has 0 bridgehead atoms. The Morgan fingerprint density at radius 1 is 1.07 bits per heavy atom. The van der Waals surface area contributed by atoms with E-state index in [4.69, 9.17) is 9.47 Å². The molecule has 1 atom stereocenters. The van der Waals surface area contributed by atoms with Crippen molar-refractivity contribution in [1.29, 1.82) is 0 Å². The lowest BCUT2D eigenvalue weighted by Gasteiger charge is -2.27. The van der Waals surface area contributed by atoms with E-state index in [9.17, 15) is 14.7 Å². The molecular formula is C21H23NO5. The standard InChI is InChI=1S/C21H23NO5/c23-19(22-14-18-12-7-13-26-18)15-27-20(24)21(25,16-8-3-1-4-9-16)17-10-5-2-6-11-17/h1-6,8-11,18,25H,7,12-15H2,(H,22,23)/t18-/m1/s1. The fraction of sp³-hybridized carbons (Fsp3) is 0.333. The minimum atomic E-state index is -1.99. The third kappa shape index (κ3) is 4.53. The lowest BCUT2D eigenvalue weighted by molar-refractivity contribution is -0.164. The first-order valence-electron chi connectivity index (χ1n) is 8.99. The number of rotatable bonds is 7. The van der Waals surface area contributed by atoms with Crippen molar-refractivity contribution in [3.8, 4) is 0 Å². The zero-order valence-corrected chi connectivity index (χ0v) is 15.0. The molecule has 1 aliphatic heterocycles. The second kappa shape index (κ2) is 8.79. The first-order valence-corrected chi connectivity index (χ1v) is 8.99. The normalized spacial score (nSPS) is 16.7. The van der Waals surface area contributed by atoms with Crippen LogP contribution in [0.5, 0.6) is 0 Å². The lowest BCUT2D eigenvalue weighted by Crippen LogP contribution is -2.41. The molecule has 0 spiro atoms. The monoisotopic (exact) mass is 369 g/mol. The van der Waals surface area contributed by atoms with Gasteiger partial charge >= 0.3 is 5.97 Å². The van der Waals surface area contributed by atoms with Crippen LogP contribution < -0.4 is 5.32 Å². The molecule has 142 valence electrons. The van der Waals surface area contributed by atoms with Gasteiger partial charge in [-0.2, -0.15) is 0 Å². The molecule has 2 aromatic carbocycles. The second-order valence-electron chi connectivity index (χ2n) is 6.46. The predicted molar refractivity (Wildman–Crippen MR) is 98.8 cm³/mol. The highest BCUT2D eigenvalue weighted by Gasteiger charge is 2.41. The highest BCUT2D eigenvalue weighted by atomic mass is 16.6. The number of aliphatic hydroxyl groups is 1. The maximum atomic E-state index is 12.8. The SMILES string of the molecule is O=C(COC(=O)C(O)(c1ccccc1)c1ccccc1)NC[C@H]1CCCO1. The molecule has 1 heterocycles. The molecule has 0 unspecified atom stereocenters. The molecule has 1 aliphatic rings. The Balaban J connectivity index is 1.67. The van der Waals surface area contributed by atoms with Crippen LogP contribution in [-0.2, 0) is 24.7 Å². The first-order chi connectivity index (χ1) is 13.1. The minimum Gasteiger partial charge on any atom is -0.453 e. The zero-order chi connectivity index (χ0) is 19.1. The van der Waals surface area contributed by atoms with E-state index < -0.39 is 24.1 Å². The summed E-state index contributed by atoms with van der Waals surface area (Å²) in [6, 6.07) is 17.1. The molecule has 3 rings (SSSR count). The Labute approximate surface area is 158 Å². The van der Waals surface area contributed by atoms with Gasteiger partial charge in [-0.1, -0.05) is 60.7 Å². The third-order valence-electron chi connectivity index (χ3n) is 4.56. The topological polar surface area (TPSA) is 84.9 Å². The summed E-state index contributed by atoms with van der Waals surface area (Å²) >= 11 is 0. The van der Waals surface area contributed by atoms with Gasteiger partial charge in [0.2, 0.25) is 5.60 Å². The fourth-order valence-corrected chi connectivity index (χ4v) is 3.08. The van der Waals surface area contributed by atoms with Gasteiger partial charge in [0.25, 0.3) is 5.91 Å². The summed E-state index contributed by atoms with van der Waals surface area (Å²) in [5.41, 5.74) is -1.24. The van der Waals surface area contributed by atoms with Crippen LogP contribution in [0.4, 0.5) is 0 Å². The molecule has 6 heteroatoms. The number of amides is 1. The average molecular weight is 369 g/mol. The van der Waals surface area contributed by atoms with Crippen molar-refractivity contribution in [2.75, 3.05) is 19.8 Å². The summed E-state index contributed by atoms with van der Waals surface area (Å²) in [4.78, 5) is 24.7. The third-order valence-corrected chi connectivity index (χ3v) is 4.56. The van der Waals surface area contributed by atoms with Crippen LogP contribution >= 0.6 is 0 Å². The van der Waals surface area contributed by atoms with Gasteiger partial charge in [0.1, 0.15) is 0 Å². The van der Waals surface area contributed by atoms with Crippen molar-refractivity contribution >= 4 is 11.9 Å². The zero-order valence-electron chi connectivity index (χ0n) is 15.0. The van der Waals surface area contributed by atoms with E-state index in [0.29, 0.717) is 24.3 Å². The molecule has 0 aliphatic carbocycles. The van der Waals surface area contributed by atoms with Gasteiger partial charge in [-0.15, -0.1) is 0 Å².